The van der Waals surface area contributed by atoms with Crippen molar-refractivity contribution in [2.24, 2.45) is 16.5 Å². The molecule has 0 aromatic heterocycles. The van der Waals surface area contributed by atoms with Crippen LogP contribution >= 0.6 is 11.6 Å². The molecule has 1 heterocycles. The van der Waals surface area contributed by atoms with Crippen LogP contribution in [0.5, 0.6) is 0 Å². The molecule has 21 heavy (non-hydrogen) atoms. The Balaban J connectivity index is 2.56. The van der Waals surface area contributed by atoms with Crippen molar-refractivity contribution in [2.75, 3.05) is 0 Å². The van der Waals surface area contributed by atoms with Gasteiger partial charge in [-0.1, -0.05) is 38.3 Å². The zero-order chi connectivity index (χ0) is 15.5. The minimum atomic E-state index is -0.434. The minimum Gasteiger partial charge on any atom is -0.357 e. The summed E-state index contributed by atoms with van der Waals surface area (Å²) in [5, 5.41) is 3.63. The van der Waals surface area contributed by atoms with E-state index in [1.54, 1.807) is 0 Å². The van der Waals surface area contributed by atoms with Crippen LogP contribution in [0.25, 0.3) is 0 Å². The van der Waals surface area contributed by atoms with Crippen LogP contribution in [0.1, 0.15) is 39.5 Å². The Bertz CT molecular complexity index is 556. The first-order chi connectivity index (χ1) is 10.0. The molecule has 1 aliphatic rings. The zero-order valence-corrected chi connectivity index (χ0v) is 13.3. The van der Waals surface area contributed by atoms with E-state index in [1.165, 1.54) is 0 Å². The van der Waals surface area contributed by atoms with Gasteiger partial charge < -0.3 is 5.73 Å². The quantitative estimate of drug-likeness (QED) is 0.731. The van der Waals surface area contributed by atoms with Crippen molar-refractivity contribution in [1.82, 2.24) is 5.32 Å². The third kappa shape index (κ3) is 3.13. The van der Waals surface area contributed by atoms with Gasteiger partial charge in [0.15, 0.2) is 5.66 Å². The van der Waals surface area contributed by atoms with E-state index in [-0.39, 0.29) is 0 Å². The Labute approximate surface area is 130 Å². The maximum Gasteiger partial charge on any atom is 0.357 e. The molecule has 0 saturated heterocycles. The van der Waals surface area contributed by atoms with Crippen LogP contribution in [0.3, 0.4) is 0 Å². The van der Waals surface area contributed by atoms with Gasteiger partial charge in [0, 0.05) is 17.9 Å². The Kier molecular flexibility index (Phi) is 4.73. The number of hydrogen-bond acceptors (Lipinski definition) is 4. The second-order valence-electron chi connectivity index (χ2n) is 5.30. The second-order valence-corrected chi connectivity index (χ2v) is 5.74. The zero-order valence-electron chi connectivity index (χ0n) is 12.6. The van der Waals surface area contributed by atoms with Gasteiger partial charge in [0.25, 0.3) is 5.96 Å². The monoisotopic (exact) mass is 308 g/mol. The molecule has 1 aliphatic heterocycles. The molecule has 6 heteroatoms. The van der Waals surface area contributed by atoms with E-state index < -0.39 is 5.66 Å². The summed E-state index contributed by atoms with van der Waals surface area (Å²) in [7, 11) is 0. The fraction of sp³-hybridized carbons (Fsp3) is 0.467. The van der Waals surface area contributed by atoms with Crippen molar-refractivity contribution < 1.29 is 4.58 Å². The van der Waals surface area contributed by atoms with Crippen molar-refractivity contribution >= 4 is 29.2 Å². The average molecular weight is 309 g/mol. The Morgan fingerprint density at radius 2 is 1.71 bits per heavy atom. The van der Waals surface area contributed by atoms with E-state index in [2.05, 4.69) is 19.2 Å². The molecule has 0 radical (unpaired) electrons. The smallest absolute Gasteiger partial charge is 0.357 e. The lowest BCUT2D eigenvalue weighted by Crippen LogP contribution is -2.57. The lowest BCUT2D eigenvalue weighted by atomic mass is 9.96. The molecule has 2 rings (SSSR count). The van der Waals surface area contributed by atoms with Crippen molar-refractivity contribution in [3.63, 3.8) is 0 Å². The van der Waals surface area contributed by atoms with Gasteiger partial charge in [-0.25, -0.2) is 9.89 Å². The van der Waals surface area contributed by atoms with Gasteiger partial charge in [-0.15, -0.1) is 0 Å². The summed E-state index contributed by atoms with van der Waals surface area (Å²) < 4.78 is 2.03. The molecular formula is C15H23ClN5+. The first kappa shape index (κ1) is 15.6. The molecular weight excluding hydrogens is 286 g/mol. The normalized spacial score (nSPS) is 17.4. The van der Waals surface area contributed by atoms with Crippen LogP contribution in [-0.2, 0) is 0 Å². The number of halogens is 1. The van der Waals surface area contributed by atoms with Gasteiger partial charge in [0.1, 0.15) is 5.69 Å². The summed E-state index contributed by atoms with van der Waals surface area (Å²) in [6.07, 6.45) is 3.75. The maximum atomic E-state index is 6.21. The lowest BCUT2D eigenvalue weighted by molar-refractivity contribution is -0.540. The van der Waals surface area contributed by atoms with Gasteiger partial charge in [-0.3, -0.25) is 5.73 Å². The van der Waals surface area contributed by atoms with E-state index >= 15 is 0 Å². The number of hydrogen-bond donors (Lipinski definition) is 3. The first-order valence-electron chi connectivity index (χ1n) is 7.33. The summed E-state index contributed by atoms with van der Waals surface area (Å²) in [5.74, 6) is 0.881. The Morgan fingerprint density at radius 1 is 1.14 bits per heavy atom. The number of aliphatic imine (C=N–C) groups is 1. The van der Waals surface area contributed by atoms with Gasteiger partial charge >= 0.3 is 5.96 Å². The molecule has 0 spiro atoms. The van der Waals surface area contributed by atoms with E-state index in [9.17, 15) is 0 Å². The predicted molar refractivity (Wildman–Crippen MR) is 87.9 cm³/mol. The van der Waals surface area contributed by atoms with E-state index in [0.717, 1.165) is 31.4 Å². The predicted octanol–water partition coefficient (Wildman–Crippen LogP) is 2.51. The minimum absolute atomic E-state index is 0.375. The fourth-order valence-corrected chi connectivity index (χ4v) is 3.07. The molecule has 0 atom stereocenters. The van der Waals surface area contributed by atoms with E-state index in [4.69, 9.17) is 28.1 Å². The molecule has 5 nitrogen and oxygen atoms in total. The SMILES string of the molecule is CCCC1(CCC)N=C(N)NC(N)=[N+]1c1ccc(Cl)cc1. The number of nitrogens with one attached hydrogen (secondary N) is 1. The summed E-state index contributed by atoms with van der Waals surface area (Å²) in [6.45, 7) is 4.28. The van der Waals surface area contributed by atoms with Gasteiger partial charge in [-0.2, -0.15) is 4.99 Å². The molecule has 1 aromatic carbocycles. The lowest BCUT2D eigenvalue weighted by Gasteiger charge is -2.34. The third-order valence-electron chi connectivity index (χ3n) is 3.63. The summed E-state index contributed by atoms with van der Waals surface area (Å²) in [6, 6.07) is 7.62. The molecule has 1 aromatic rings. The van der Waals surface area contributed by atoms with Crippen molar-refractivity contribution in [3.05, 3.63) is 29.3 Å². The van der Waals surface area contributed by atoms with Crippen LogP contribution in [0.2, 0.25) is 5.02 Å². The van der Waals surface area contributed by atoms with Gasteiger partial charge in [0.2, 0.25) is 0 Å². The topological polar surface area (TPSA) is 79.4 Å². The van der Waals surface area contributed by atoms with Crippen LogP contribution in [0.15, 0.2) is 29.3 Å². The van der Waals surface area contributed by atoms with Crippen LogP contribution < -0.4 is 16.8 Å². The molecule has 0 fully saturated rings. The third-order valence-corrected chi connectivity index (χ3v) is 3.88. The van der Waals surface area contributed by atoms with Crippen LogP contribution in [-0.4, -0.2) is 22.2 Å². The summed E-state index contributed by atoms with van der Waals surface area (Å²) in [4.78, 5) is 4.70. The fourth-order valence-electron chi connectivity index (χ4n) is 2.94. The van der Waals surface area contributed by atoms with Crippen LogP contribution in [0.4, 0.5) is 5.69 Å². The largest absolute Gasteiger partial charge is 0.357 e. The number of nitrogens with two attached hydrogens (primary N) is 2. The molecule has 0 unspecified atom stereocenters. The number of guanidine groups is 2. The van der Waals surface area contributed by atoms with Crippen molar-refractivity contribution in [3.8, 4) is 0 Å². The second kappa shape index (κ2) is 6.35. The Morgan fingerprint density at radius 3 is 2.24 bits per heavy atom. The van der Waals surface area contributed by atoms with Gasteiger partial charge in [-0.05, 0) is 24.3 Å². The van der Waals surface area contributed by atoms with E-state index in [0.29, 0.717) is 16.9 Å². The molecule has 0 saturated carbocycles. The first-order valence-corrected chi connectivity index (χ1v) is 7.71. The van der Waals surface area contributed by atoms with Crippen LogP contribution in [0, 0.1) is 0 Å². The van der Waals surface area contributed by atoms with E-state index in [1.807, 2.05) is 28.8 Å². The Hall–Kier alpha value is -1.75. The van der Waals surface area contributed by atoms with Gasteiger partial charge in [0.05, 0.1) is 0 Å². The number of rotatable bonds is 5. The van der Waals surface area contributed by atoms with Crippen molar-refractivity contribution in [1.29, 1.82) is 0 Å². The number of benzene rings is 1. The standard InChI is InChI=1S/C15H22ClN5/c1-3-9-15(10-4-2)20-13(17)19-14(18)21(15)12-7-5-11(16)6-8-12/h5-8H,3-4,9-10H2,1-2H3,(H4,17,18,19,20)/p+1. The molecule has 114 valence electrons. The highest BCUT2D eigenvalue weighted by Crippen LogP contribution is 2.33. The molecule has 0 aliphatic carbocycles. The van der Waals surface area contributed by atoms with Crippen molar-refractivity contribution in [2.45, 2.75) is 45.2 Å². The molecule has 5 N–H and O–H groups in total. The summed E-state index contributed by atoms with van der Waals surface area (Å²) in [5.41, 5.74) is 12.7. The molecule has 0 amide bonds. The number of nitrogens with zero attached hydrogens (tertiary/aromatic N) is 2. The molecule has 0 bridgehead atoms. The maximum absolute atomic E-state index is 6.21. The summed E-state index contributed by atoms with van der Waals surface area (Å²) >= 11 is 5.98. The highest BCUT2D eigenvalue weighted by molar-refractivity contribution is 6.30. The average Bonchev–Trinajstić information content (AvgIpc) is 2.40. The highest BCUT2D eigenvalue weighted by Gasteiger charge is 2.41. The highest BCUT2D eigenvalue weighted by atomic mass is 35.5.